The van der Waals surface area contributed by atoms with Crippen molar-refractivity contribution < 1.29 is 8.78 Å². The van der Waals surface area contributed by atoms with Gasteiger partial charge in [0.1, 0.15) is 11.6 Å². The predicted molar refractivity (Wildman–Crippen MR) is 77.2 cm³/mol. The van der Waals surface area contributed by atoms with Crippen LogP contribution in [0.3, 0.4) is 0 Å². The van der Waals surface area contributed by atoms with Gasteiger partial charge in [0.2, 0.25) is 0 Å². The lowest BCUT2D eigenvalue weighted by atomic mass is 10.2. The van der Waals surface area contributed by atoms with Gasteiger partial charge < -0.3 is 5.32 Å². The average molecular weight is 285 g/mol. The van der Waals surface area contributed by atoms with E-state index in [1.165, 1.54) is 12.1 Å². The predicted octanol–water partition coefficient (Wildman–Crippen LogP) is 3.76. The molecule has 0 bridgehead atoms. The zero-order valence-electron chi connectivity index (χ0n) is 11.1. The van der Waals surface area contributed by atoms with Gasteiger partial charge in [-0.15, -0.1) is 0 Å². The summed E-state index contributed by atoms with van der Waals surface area (Å²) in [6.07, 6.45) is 3.55. The van der Waals surface area contributed by atoms with Crippen LogP contribution < -0.4 is 5.32 Å². The second-order valence-corrected chi connectivity index (χ2v) is 4.63. The molecule has 3 nitrogen and oxygen atoms in total. The van der Waals surface area contributed by atoms with Gasteiger partial charge in [-0.1, -0.05) is 6.07 Å². The highest BCUT2D eigenvalue weighted by Gasteiger charge is 2.02. The molecule has 0 saturated carbocycles. The molecule has 0 unspecified atom stereocenters. The third-order valence-corrected chi connectivity index (χ3v) is 3.03. The lowest BCUT2D eigenvalue weighted by Gasteiger charge is -2.09. The van der Waals surface area contributed by atoms with E-state index in [1.807, 2.05) is 36.5 Å². The van der Waals surface area contributed by atoms with Crippen molar-refractivity contribution in [3.05, 3.63) is 78.1 Å². The van der Waals surface area contributed by atoms with Crippen molar-refractivity contribution in [1.82, 2.24) is 9.78 Å². The van der Waals surface area contributed by atoms with Gasteiger partial charge in [-0.3, -0.25) is 0 Å². The standard InChI is InChI=1S/C16H13F2N3/c17-13-7-12(8-14(18)9-13)11-19-15-3-1-4-16(10-15)21-6-2-5-20-21/h1-10,19H,11H2. The van der Waals surface area contributed by atoms with Gasteiger partial charge >= 0.3 is 0 Å². The van der Waals surface area contributed by atoms with Crippen LogP contribution in [0.5, 0.6) is 0 Å². The minimum Gasteiger partial charge on any atom is -0.381 e. The summed E-state index contributed by atoms with van der Waals surface area (Å²) in [5.74, 6) is -1.14. The van der Waals surface area contributed by atoms with Crippen LogP contribution in [0.25, 0.3) is 5.69 Å². The lowest BCUT2D eigenvalue weighted by Crippen LogP contribution is -2.02. The topological polar surface area (TPSA) is 29.9 Å². The molecule has 0 atom stereocenters. The SMILES string of the molecule is Fc1cc(F)cc(CNc2cccc(-n3cccn3)c2)c1. The number of nitrogens with one attached hydrogen (secondary N) is 1. The molecule has 0 amide bonds. The molecule has 1 heterocycles. The molecule has 0 aliphatic carbocycles. The average Bonchev–Trinajstić information content (AvgIpc) is 2.99. The minimum atomic E-state index is -0.572. The summed E-state index contributed by atoms with van der Waals surface area (Å²) in [7, 11) is 0. The Morgan fingerprint density at radius 3 is 2.52 bits per heavy atom. The van der Waals surface area contributed by atoms with Gasteiger partial charge in [-0.2, -0.15) is 5.10 Å². The first-order chi connectivity index (χ1) is 10.2. The summed E-state index contributed by atoms with van der Waals surface area (Å²) in [6, 6.07) is 13.0. The van der Waals surface area contributed by atoms with Crippen molar-refractivity contribution in [3.8, 4) is 5.69 Å². The Kier molecular flexibility index (Phi) is 3.64. The summed E-state index contributed by atoms with van der Waals surface area (Å²) in [4.78, 5) is 0. The van der Waals surface area contributed by atoms with Crippen molar-refractivity contribution in [2.45, 2.75) is 6.54 Å². The van der Waals surface area contributed by atoms with E-state index in [1.54, 1.807) is 10.9 Å². The Labute approximate surface area is 120 Å². The Balaban J connectivity index is 1.75. The maximum atomic E-state index is 13.1. The molecule has 0 radical (unpaired) electrons. The highest BCUT2D eigenvalue weighted by Crippen LogP contribution is 2.16. The zero-order valence-corrected chi connectivity index (χ0v) is 11.1. The molecule has 0 aliphatic heterocycles. The fraction of sp³-hybridized carbons (Fsp3) is 0.0625. The number of hydrogen-bond acceptors (Lipinski definition) is 2. The van der Waals surface area contributed by atoms with Gasteiger partial charge in [0.15, 0.2) is 0 Å². The Morgan fingerprint density at radius 2 is 1.81 bits per heavy atom. The Morgan fingerprint density at radius 1 is 1.00 bits per heavy atom. The first-order valence-electron chi connectivity index (χ1n) is 6.50. The molecule has 0 fully saturated rings. The van der Waals surface area contributed by atoms with E-state index >= 15 is 0 Å². The number of anilines is 1. The number of halogens is 2. The van der Waals surface area contributed by atoms with Crippen LogP contribution in [0.1, 0.15) is 5.56 Å². The smallest absolute Gasteiger partial charge is 0.126 e. The fourth-order valence-corrected chi connectivity index (χ4v) is 2.10. The molecule has 2 aromatic carbocycles. The van der Waals surface area contributed by atoms with Crippen molar-refractivity contribution in [3.63, 3.8) is 0 Å². The second-order valence-electron chi connectivity index (χ2n) is 4.63. The third kappa shape index (κ3) is 3.25. The van der Waals surface area contributed by atoms with Gasteiger partial charge in [-0.25, -0.2) is 13.5 Å². The first kappa shape index (κ1) is 13.3. The molecule has 106 valence electrons. The molecule has 21 heavy (non-hydrogen) atoms. The number of rotatable bonds is 4. The van der Waals surface area contributed by atoms with E-state index in [0.29, 0.717) is 12.1 Å². The van der Waals surface area contributed by atoms with Crippen LogP contribution in [0.15, 0.2) is 60.9 Å². The highest BCUT2D eigenvalue weighted by molar-refractivity contribution is 5.51. The molecule has 0 saturated heterocycles. The summed E-state index contributed by atoms with van der Waals surface area (Å²) in [6.45, 7) is 0.344. The summed E-state index contributed by atoms with van der Waals surface area (Å²) >= 11 is 0. The van der Waals surface area contributed by atoms with Crippen molar-refractivity contribution in [1.29, 1.82) is 0 Å². The molecule has 5 heteroatoms. The van der Waals surface area contributed by atoms with Crippen LogP contribution in [0, 0.1) is 11.6 Å². The highest BCUT2D eigenvalue weighted by atomic mass is 19.1. The molecule has 0 spiro atoms. The van der Waals surface area contributed by atoms with Gasteiger partial charge in [0.25, 0.3) is 0 Å². The van der Waals surface area contributed by atoms with E-state index in [-0.39, 0.29) is 0 Å². The lowest BCUT2D eigenvalue weighted by molar-refractivity contribution is 0.580. The van der Waals surface area contributed by atoms with Crippen LogP contribution >= 0.6 is 0 Å². The van der Waals surface area contributed by atoms with E-state index < -0.39 is 11.6 Å². The molecule has 1 N–H and O–H groups in total. The van der Waals surface area contributed by atoms with Crippen LogP contribution in [0.2, 0.25) is 0 Å². The molecule has 1 aromatic heterocycles. The van der Waals surface area contributed by atoms with E-state index in [4.69, 9.17) is 0 Å². The summed E-state index contributed by atoms with van der Waals surface area (Å²) in [5, 5.41) is 7.30. The normalized spacial score (nSPS) is 10.6. The number of aromatic nitrogens is 2. The van der Waals surface area contributed by atoms with Crippen LogP contribution in [0.4, 0.5) is 14.5 Å². The van der Waals surface area contributed by atoms with E-state index in [2.05, 4.69) is 10.4 Å². The molecule has 0 aliphatic rings. The first-order valence-corrected chi connectivity index (χ1v) is 6.50. The zero-order chi connectivity index (χ0) is 14.7. The van der Waals surface area contributed by atoms with Crippen LogP contribution in [-0.2, 0) is 6.54 Å². The quantitative estimate of drug-likeness (QED) is 0.791. The van der Waals surface area contributed by atoms with E-state index in [0.717, 1.165) is 17.4 Å². The van der Waals surface area contributed by atoms with Crippen molar-refractivity contribution in [2.24, 2.45) is 0 Å². The Hall–Kier alpha value is -2.69. The van der Waals surface area contributed by atoms with Gasteiger partial charge in [0.05, 0.1) is 5.69 Å². The number of nitrogens with zero attached hydrogens (tertiary/aromatic N) is 2. The summed E-state index contributed by atoms with van der Waals surface area (Å²) in [5.41, 5.74) is 2.32. The minimum absolute atomic E-state index is 0.344. The Bertz CT molecular complexity index is 719. The van der Waals surface area contributed by atoms with Gasteiger partial charge in [-0.05, 0) is 42.0 Å². The largest absolute Gasteiger partial charge is 0.381 e. The van der Waals surface area contributed by atoms with Crippen molar-refractivity contribution >= 4 is 5.69 Å². The molecule has 3 aromatic rings. The fourth-order valence-electron chi connectivity index (χ4n) is 2.10. The second kappa shape index (κ2) is 5.75. The molecule has 3 rings (SSSR count). The molecular weight excluding hydrogens is 272 g/mol. The van der Waals surface area contributed by atoms with Crippen molar-refractivity contribution in [2.75, 3.05) is 5.32 Å². The third-order valence-electron chi connectivity index (χ3n) is 3.03. The van der Waals surface area contributed by atoms with Gasteiger partial charge in [0, 0.05) is 30.7 Å². The molecular formula is C16H13F2N3. The number of hydrogen-bond donors (Lipinski definition) is 1. The van der Waals surface area contributed by atoms with Crippen LogP contribution in [-0.4, -0.2) is 9.78 Å². The van der Waals surface area contributed by atoms with E-state index in [9.17, 15) is 8.78 Å². The maximum absolute atomic E-state index is 13.1. The maximum Gasteiger partial charge on any atom is 0.126 e. The number of benzene rings is 2. The summed E-state index contributed by atoms with van der Waals surface area (Å²) < 4.78 is 28.0. The monoisotopic (exact) mass is 285 g/mol.